The number of pyridine rings is 1. The van der Waals surface area contributed by atoms with E-state index in [1.807, 2.05) is 0 Å². The molecular weight excluding hydrogens is 246 g/mol. The average molecular weight is 254 g/mol. The lowest BCUT2D eigenvalue weighted by Crippen LogP contribution is -2.27. The summed E-state index contributed by atoms with van der Waals surface area (Å²) < 4.78 is -1.97. The Morgan fingerprint density at radius 3 is 2.57 bits per heavy atom. The number of carbonyl (C=O) groups excluding carboxylic acids is 1. The number of aryl methyl sites for hydroxylation is 1. The Kier molecular flexibility index (Phi) is 3.59. The molecule has 0 aromatic carbocycles. The molecule has 1 amide bonds. The summed E-state index contributed by atoms with van der Waals surface area (Å²) >= 11 is 16.1. The van der Waals surface area contributed by atoms with Crippen molar-refractivity contribution in [3.8, 4) is 0 Å². The van der Waals surface area contributed by atoms with Crippen molar-refractivity contribution >= 4 is 46.5 Å². The van der Waals surface area contributed by atoms with Gasteiger partial charge in [-0.1, -0.05) is 40.9 Å². The summed E-state index contributed by atoms with van der Waals surface area (Å²) in [6, 6.07) is 5.16. The summed E-state index contributed by atoms with van der Waals surface area (Å²) in [7, 11) is 0. The average Bonchev–Trinajstić information content (AvgIpc) is 2.02. The molecule has 14 heavy (non-hydrogen) atoms. The predicted molar refractivity (Wildman–Crippen MR) is 57.9 cm³/mol. The lowest BCUT2D eigenvalue weighted by Gasteiger charge is -2.10. The van der Waals surface area contributed by atoms with E-state index in [2.05, 4.69) is 10.3 Å². The fourth-order valence-electron chi connectivity index (χ4n) is 0.800. The number of rotatable bonds is 1. The zero-order valence-corrected chi connectivity index (χ0v) is 9.49. The Labute approximate surface area is 96.4 Å². The minimum atomic E-state index is -1.97. The zero-order chi connectivity index (χ0) is 10.8. The molecule has 0 saturated carbocycles. The van der Waals surface area contributed by atoms with Crippen LogP contribution in [0.1, 0.15) is 5.69 Å². The molecule has 0 atom stereocenters. The Balaban J connectivity index is 2.75. The number of carbonyl (C=O) groups is 1. The van der Waals surface area contributed by atoms with Crippen molar-refractivity contribution in [1.82, 2.24) is 4.98 Å². The molecule has 0 aliphatic rings. The Hall–Kier alpha value is -0.510. The molecule has 0 fully saturated rings. The molecule has 0 saturated heterocycles. The largest absolute Gasteiger partial charge is 0.307 e. The van der Waals surface area contributed by atoms with E-state index in [1.54, 1.807) is 25.1 Å². The third-order valence-electron chi connectivity index (χ3n) is 1.39. The van der Waals surface area contributed by atoms with E-state index >= 15 is 0 Å². The summed E-state index contributed by atoms with van der Waals surface area (Å²) in [5.74, 6) is -0.359. The highest BCUT2D eigenvalue weighted by Gasteiger charge is 2.30. The Morgan fingerprint density at radius 1 is 1.43 bits per heavy atom. The fourth-order valence-corrected chi connectivity index (χ4v) is 0.942. The van der Waals surface area contributed by atoms with E-state index in [-0.39, 0.29) is 0 Å². The van der Waals surface area contributed by atoms with E-state index < -0.39 is 9.70 Å². The molecule has 0 unspecified atom stereocenters. The number of amides is 1. The van der Waals surface area contributed by atoms with Gasteiger partial charge in [-0.15, -0.1) is 0 Å². The van der Waals surface area contributed by atoms with Crippen molar-refractivity contribution in [1.29, 1.82) is 0 Å². The SMILES string of the molecule is Cc1cccc(NC(=O)C(Cl)(Cl)Cl)n1. The van der Waals surface area contributed by atoms with Crippen LogP contribution in [0.15, 0.2) is 18.2 Å². The first-order valence-electron chi connectivity index (χ1n) is 3.71. The van der Waals surface area contributed by atoms with Crippen LogP contribution in [0, 0.1) is 6.92 Å². The minimum Gasteiger partial charge on any atom is -0.307 e. The van der Waals surface area contributed by atoms with Crippen LogP contribution in [0.3, 0.4) is 0 Å². The highest BCUT2D eigenvalue weighted by Crippen LogP contribution is 2.27. The Bertz CT molecular complexity index is 349. The molecule has 1 aromatic rings. The molecule has 0 aliphatic heterocycles. The third-order valence-corrected chi connectivity index (χ3v) is 1.90. The van der Waals surface area contributed by atoms with Gasteiger partial charge in [0.1, 0.15) is 5.82 Å². The van der Waals surface area contributed by atoms with Gasteiger partial charge in [0.2, 0.25) is 0 Å². The topological polar surface area (TPSA) is 42.0 Å². The van der Waals surface area contributed by atoms with E-state index in [0.29, 0.717) is 5.82 Å². The van der Waals surface area contributed by atoms with Gasteiger partial charge in [0.25, 0.3) is 9.70 Å². The maximum absolute atomic E-state index is 11.2. The van der Waals surface area contributed by atoms with Crippen molar-refractivity contribution in [2.24, 2.45) is 0 Å². The molecule has 0 radical (unpaired) electrons. The van der Waals surface area contributed by atoms with Crippen molar-refractivity contribution in [2.75, 3.05) is 5.32 Å². The lowest BCUT2D eigenvalue weighted by atomic mass is 10.4. The van der Waals surface area contributed by atoms with Crippen LogP contribution in [0.25, 0.3) is 0 Å². The molecule has 1 N–H and O–H groups in total. The molecule has 76 valence electrons. The molecule has 3 nitrogen and oxygen atoms in total. The van der Waals surface area contributed by atoms with Gasteiger partial charge in [-0.05, 0) is 19.1 Å². The highest BCUT2D eigenvalue weighted by molar-refractivity contribution is 6.76. The first-order valence-corrected chi connectivity index (χ1v) is 4.85. The van der Waals surface area contributed by atoms with Gasteiger partial charge in [-0.2, -0.15) is 0 Å². The van der Waals surface area contributed by atoms with Crippen molar-refractivity contribution in [3.05, 3.63) is 23.9 Å². The highest BCUT2D eigenvalue weighted by atomic mass is 35.6. The van der Waals surface area contributed by atoms with Gasteiger partial charge < -0.3 is 5.32 Å². The molecule has 1 heterocycles. The van der Waals surface area contributed by atoms with Crippen molar-refractivity contribution < 1.29 is 4.79 Å². The monoisotopic (exact) mass is 252 g/mol. The molecule has 0 spiro atoms. The lowest BCUT2D eigenvalue weighted by molar-refractivity contribution is -0.115. The summed E-state index contributed by atoms with van der Waals surface area (Å²) in [5.41, 5.74) is 0.770. The maximum Gasteiger partial charge on any atom is 0.277 e. The van der Waals surface area contributed by atoms with Crippen LogP contribution >= 0.6 is 34.8 Å². The Morgan fingerprint density at radius 2 is 2.07 bits per heavy atom. The second-order valence-electron chi connectivity index (χ2n) is 2.62. The van der Waals surface area contributed by atoms with Crippen LogP contribution in [0.4, 0.5) is 5.82 Å². The normalized spacial score (nSPS) is 11.1. The number of aromatic nitrogens is 1. The molecule has 1 rings (SSSR count). The number of alkyl halides is 3. The molecule has 6 heteroatoms. The van der Waals surface area contributed by atoms with E-state index in [0.717, 1.165) is 5.69 Å². The van der Waals surface area contributed by atoms with Gasteiger partial charge in [0.15, 0.2) is 0 Å². The number of hydrogen-bond acceptors (Lipinski definition) is 2. The number of anilines is 1. The van der Waals surface area contributed by atoms with Crippen molar-refractivity contribution in [2.45, 2.75) is 10.7 Å². The maximum atomic E-state index is 11.2. The first-order chi connectivity index (χ1) is 6.39. The van der Waals surface area contributed by atoms with Crippen LogP contribution in [-0.2, 0) is 4.79 Å². The minimum absolute atomic E-state index is 0.362. The zero-order valence-electron chi connectivity index (χ0n) is 7.22. The summed E-state index contributed by atoms with van der Waals surface area (Å²) in [5, 5.41) is 2.38. The van der Waals surface area contributed by atoms with Gasteiger partial charge in [0, 0.05) is 5.69 Å². The third kappa shape index (κ3) is 3.33. The van der Waals surface area contributed by atoms with Crippen LogP contribution < -0.4 is 5.32 Å². The standard InChI is InChI=1S/C8H7Cl3N2O/c1-5-3-2-4-6(12-5)13-7(14)8(9,10)11/h2-4H,1H3,(H,12,13,14). The number of hydrogen-bond donors (Lipinski definition) is 1. The molecule has 1 aromatic heterocycles. The first kappa shape index (κ1) is 11.6. The van der Waals surface area contributed by atoms with E-state index in [1.165, 1.54) is 0 Å². The van der Waals surface area contributed by atoms with Gasteiger partial charge in [-0.3, -0.25) is 4.79 Å². The number of nitrogens with zero attached hydrogens (tertiary/aromatic N) is 1. The quantitative estimate of drug-likeness (QED) is 0.782. The van der Waals surface area contributed by atoms with Crippen LogP contribution in [0.2, 0.25) is 0 Å². The summed E-state index contributed by atoms with van der Waals surface area (Å²) in [6.45, 7) is 1.80. The molecule has 0 aliphatic carbocycles. The molecular formula is C8H7Cl3N2O. The van der Waals surface area contributed by atoms with E-state index in [4.69, 9.17) is 34.8 Å². The van der Waals surface area contributed by atoms with Crippen LogP contribution in [0.5, 0.6) is 0 Å². The number of halogens is 3. The van der Waals surface area contributed by atoms with Crippen molar-refractivity contribution in [3.63, 3.8) is 0 Å². The van der Waals surface area contributed by atoms with E-state index in [9.17, 15) is 4.79 Å². The summed E-state index contributed by atoms with van der Waals surface area (Å²) in [4.78, 5) is 15.2. The number of nitrogens with one attached hydrogen (secondary N) is 1. The molecule has 0 bridgehead atoms. The predicted octanol–water partition coefficient (Wildman–Crippen LogP) is 2.70. The summed E-state index contributed by atoms with van der Waals surface area (Å²) in [6.07, 6.45) is 0. The van der Waals surface area contributed by atoms with Gasteiger partial charge in [0.05, 0.1) is 0 Å². The smallest absolute Gasteiger partial charge is 0.277 e. The van der Waals surface area contributed by atoms with Gasteiger partial charge >= 0.3 is 0 Å². The van der Waals surface area contributed by atoms with Gasteiger partial charge in [-0.25, -0.2) is 4.98 Å². The second-order valence-corrected chi connectivity index (χ2v) is 4.90. The van der Waals surface area contributed by atoms with Crippen LogP contribution in [-0.4, -0.2) is 14.7 Å². The second kappa shape index (κ2) is 4.34. The fraction of sp³-hybridized carbons (Fsp3) is 0.250.